The lowest BCUT2D eigenvalue weighted by molar-refractivity contribution is 0.530. The third-order valence-electron chi connectivity index (χ3n) is 3.65. The molecule has 0 amide bonds. The molecule has 0 aliphatic carbocycles. The van der Waals surface area contributed by atoms with Crippen LogP contribution in [0.25, 0.3) is 0 Å². The highest BCUT2D eigenvalue weighted by Gasteiger charge is 2.23. The fourth-order valence-electron chi connectivity index (χ4n) is 2.65. The Labute approximate surface area is 122 Å². The van der Waals surface area contributed by atoms with E-state index in [-0.39, 0.29) is 5.56 Å². The molecule has 0 aliphatic heterocycles. The third kappa shape index (κ3) is 2.95. The Morgan fingerprint density at radius 1 is 0.810 bits per heavy atom. The fraction of sp³-hybridized carbons (Fsp3) is 0.294. The summed E-state index contributed by atoms with van der Waals surface area (Å²) in [4.78, 5) is 0. The Morgan fingerprint density at radius 2 is 1.48 bits per heavy atom. The van der Waals surface area contributed by atoms with Gasteiger partial charge in [0.15, 0.2) is 0 Å². The molecule has 2 aromatic carbocycles. The number of hydrogen-bond acceptors (Lipinski definition) is 1. The Hall–Kier alpha value is -1.81. The molecule has 2 rings (SSSR count). The second kappa shape index (κ2) is 5.90. The molecule has 0 saturated carbocycles. The highest BCUT2D eigenvalue weighted by Crippen LogP contribution is 2.30. The molecule has 0 fully saturated rings. The van der Waals surface area contributed by atoms with Crippen LogP contribution in [0.5, 0.6) is 0 Å². The maximum atomic E-state index is 14.3. The molecule has 0 aromatic heterocycles. The predicted molar refractivity (Wildman–Crippen MR) is 77.9 cm³/mol. The van der Waals surface area contributed by atoms with Crippen molar-refractivity contribution in [2.24, 2.45) is 0 Å². The molecule has 1 N–H and O–H groups in total. The van der Waals surface area contributed by atoms with Crippen LogP contribution < -0.4 is 5.32 Å². The van der Waals surface area contributed by atoms with E-state index in [4.69, 9.17) is 0 Å². The molecule has 0 spiro atoms. The van der Waals surface area contributed by atoms with E-state index in [1.54, 1.807) is 27.8 Å². The zero-order valence-corrected chi connectivity index (χ0v) is 12.5. The van der Waals surface area contributed by atoms with E-state index in [1.807, 2.05) is 6.07 Å². The monoisotopic (exact) mass is 293 g/mol. The summed E-state index contributed by atoms with van der Waals surface area (Å²) in [5, 5.41) is 2.92. The molecule has 1 nitrogen and oxygen atoms in total. The first-order chi connectivity index (χ1) is 9.85. The van der Waals surface area contributed by atoms with E-state index in [0.717, 1.165) is 17.2 Å². The number of halogens is 3. The van der Waals surface area contributed by atoms with Crippen LogP contribution >= 0.6 is 0 Å². The largest absolute Gasteiger partial charge is 0.309 e. The van der Waals surface area contributed by atoms with Gasteiger partial charge in [0.2, 0.25) is 0 Å². The minimum Gasteiger partial charge on any atom is -0.309 e. The lowest BCUT2D eigenvalue weighted by Crippen LogP contribution is -2.22. The average Bonchev–Trinajstić information content (AvgIpc) is 2.38. The van der Waals surface area contributed by atoms with E-state index in [2.05, 4.69) is 5.32 Å². The van der Waals surface area contributed by atoms with Gasteiger partial charge < -0.3 is 5.32 Å². The van der Waals surface area contributed by atoms with Gasteiger partial charge in [-0.1, -0.05) is 6.07 Å². The Kier molecular flexibility index (Phi) is 4.37. The van der Waals surface area contributed by atoms with Crippen molar-refractivity contribution in [3.63, 3.8) is 0 Å². The van der Waals surface area contributed by atoms with Crippen molar-refractivity contribution < 1.29 is 13.2 Å². The van der Waals surface area contributed by atoms with Crippen molar-refractivity contribution in [1.29, 1.82) is 0 Å². The minimum absolute atomic E-state index is 0.238. The van der Waals surface area contributed by atoms with Gasteiger partial charge in [-0.25, -0.2) is 13.2 Å². The van der Waals surface area contributed by atoms with Gasteiger partial charge in [-0.05, 0) is 56.6 Å². The first kappa shape index (κ1) is 15.6. The maximum Gasteiger partial charge on any atom is 0.131 e. The van der Waals surface area contributed by atoms with Gasteiger partial charge in [0.1, 0.15) is 17.5 Å². The zero-order chi connectivity index (χ0) is 15.7. The molecule has 0 radical (unpaired) electrons. The second-order valence-electron chi connectivity index (χ2n) is 5.32. The van der Waals surface area contributed by atoms with Gasteiger partial charge in [0.05, 0.1) is 6.04 Å². The first-order valence-electron chi connectivity index (χ1n) is 6.74. The quantitative estimate of drug-likeness (QED) is 0.887. The lowest BCUT2D eigenvalue weighted by Gasteiger charge is -2.21. The molecule has 2 aromatic rings. The molecule has 21 heavy (non-hydrogen) atoms. The van der Waals surface area contributed by atoms with Gasteiger partial charge in [-0.15, -0.1) is 0 Å². The standard InChI is InChI=1S/C17H18F3N/c1-9-5-11(3)16(15(20)6-9)17(21-4)12-7-10(2)13(18)8-14(12)19/h5-8,17,21H,1-4H3. The van der Waals surface area contributed by atoms with Crippen LogP contribution in [0.2, 0.25) is 0 Å². The summed E-state index contributed by atoms with van der Waals surface area (Å²) in [6.45, 7) is 5.14. The number of aryl methyl sites for hydroxylation is 3. The molecule has 112 valence electrons. The average molecular weight is 293 g/mol. The van der Waals surface area contributed by atoms with Crippen molar-refractivity contribution in [2.45, 2.75) is 26.8 Å². The van der Waals surface area contributed by atoms with Crippen molar-refractivity contribution >= 4 is 0 Å². The normalized spacial score (nSPS) is 12.5. The molecular weight excluding hydrogens is 275 g/mol. The summed E-state index contributed by atoms with van der Waals surface area (Å²) in [7, 11) is 1.63. The van der Waals surface area contributed by atoms with Crippen molar-refractivity contribution in [2.75, 3.05) is 7.05 Å². The van der Waals surface area contributed by atoms with Gasteiger partial charge >= 0.3 is 0 Å². The minimum atomic E-state index is -0.683. The molecule has 1 atom stereocenters. The molecule has 0 aliphatic rings. The van der Waals surface area contributed by atoms with Crippen molar-refractivity contribution in [3.05, 3.63) is 69.5 Å². The summed E-state index contributed by atoms with van der Waals surface area (Å²) in [5.41, 5.74) is 2.49. The number of benzene rings is 2. The lowest BCUT2D eigenvalue weighted by atomic mass is 9.92. The summed E-state index contributed by atoms with van der Waals surface area (Å²) >= 11 is 0. The van der Waals surface area contributed by atoms with Crippen LogP contribution in [0.4, 0.5) is 13.2 Å². The predicted octanol–water partition coefficient (Wildman–Crippen LogP) is 4.34. The number of nitrogens with one attached hydrogen (secondary N) is 1. The molecule has 0 saturated heterocycles. The Morgan fingerprint density at radius 3 is 2.05 bits per heavy atom. The van der Waals surface area contributed by atoms with Crippen molar-refractivity contribution in [1.82, 2.24) is 5.32 Å². The van der Waals surface area contributed by atoms with Crippen molar-refractivity contribution in [3.8, 4) is 0 Å². The van der Waals surface area contributed by atoms with Gasteiger partial charge in [0, 0.05) is 17.2 Å². The van der Waals surface area contributed by atoms with Crippen LogP contribution in [0.15, 0.2) is 24.3 Å². The summed E-state index contributed by atoms with van der Waals surface area (Å²) < 4.78 is 41.8. The van der Waals surface area contributed by atoms with E-state index in [1.165, 1.54) is 12.1 Å². The summed E-state index contributed by atoms with van der Waals surface area (Å²) in [6, 6.07) is 4.86. The molecule has 0 bridgehead atoms. The third-order valence-corrected chi connectivity index (χ3v) is 3.65. The van der Waals surface area contributed by atoms with Crippen LogP contribution in [-0.4, -0.2) is 7.05 Å². The Bertz CT molecular complexity index is 657. The van der Waals surface area contributed by atoms with Gasteiger partial charge in [0.25, 0.3) is 0 Å². The van der Waals surface area contributed by atoms with Crippen LogP contribution in [0.1, 0.15) is 33.9 Å². The van der Waals surface area contributed by atoms with Gasteiger partial charge in [-0.2, -0.15) is 0 Å². The summed E-state index contributed by atoms with van der Waals surface area (Å²) in [5.74, 6) is -1.68. The van der Waals surface area contributed by atoms with E-state index >= 15 is 0 Å². The molecule has 4 heteroatoms. The zero-order valence-electron chi connectivity index (χ0n) is 12.5. The summed E-state index contributed by atoms with van der Waals surface area (Å²) in [6.07, 6.45) is 0. The van der Waals surface area contributed by atoms with Crippen LogP contribution in [0.3, 0.4) is 0 Å². The second-order valence-corrected chi connectivity index (χ2v) is 5.32. The van der Waals surface area contributed by atoms with E-state index < -0.39 is 23.5 Å². The smallest absolute Gasteiger partial charge is 0.131 e. The molecule has 1 unspecified atom stereocenters. The fourth-order valence-corrected chi connectivity index (χ4v) is 2.65. The van der Waals surface area contributed by atoms with Crippen LogP contribution in [-0.2, 0) is 0 Å². The maximum absolute atomic E-state index is 14.3. The van der Waals surface area contributed by atoms with Crippen LogP contribution in [0, 0.1) is 38.2 Å². The van der Waals surface area contributed by atoms with E-state index in [0.29, 0.717) is 11.1 Å². The van der Waals surface area contributed by atoms with E-state index in [9.17, 15) is 13.2 Å². The number of hydrogen-bond donors (Lipinski definition) is 1. The highest BCUT2D eigenvalue weighted by atomic mass is 19.1. The SMILES string of the molecule is CNC(c1cc(C)c(F)cc1F)c1c(C)cc(C)cc1F. The molecule has 0 heterocycles. The highest BCUT2D eigenvalue weighted by molar-refractivity contribution is 5.41. The molecular formula is C17H18F3N. The number of rotatable bonds is 3. The topological polar surface area (TPSA) is 12.0 Å². The Balaban J connectivity index is 2.63. The first-order valence-corrected chi connectivity index (χ1v) is 6.74. The van der Waals surface area contributed by atoms with Gasteiger partial charge in [-0.3, -0.25) is 0 Å².